The number of hydrogen-bond acceptors (Lipinski definition) is 2. The van der Waals surface area contributed by atoms with Gasteiger partial charge in [0.05, 0.1) is 0 Å². The highest BCUT2D eigenvalue weighted by molar-refractivity contribution is 6.08. The normalized spacial score (nSPS) is 15.3. The van der Waals surface area contributed by atoms with Gasteiger partial charge in [-0.3, -0.25) is 4.79 Å². The molecule has 20 heavy (non-hydrogen) atoms. The van der Waals surface area contributed by atoms with Crippen LogP contribution in [0.15, 0.2) is 61.2 Å². The first-order chi connectivity index (χ1) is 9.68. The Morgan fingerprint density at radius 3 is 2.25 bits per heavy atom. The van der Waals surface area contributed by atoms with E-state index in [-0.39, 0.29) is 11.9 Å². The van der Waals surface area contributed by atoms with E-state index in [0.29, 0.717) is 12.1 Å². The summed E-state index contributed by atoms with van der Waals surface area (Å²) in [6, 6.07) is 17.1. The summed E-state index contributed by atoms with van der Waals surface area (Å²) in [7, 11) is 0. The van der Waals surface area contributed by atoms with Gasteiger partial charge < -0.3 is 10.6 Å². The molecule has 0 saturated heterocycles. The van der Waals surface area contributed by atoms with Crippen LogP contribution < -0.4 is 5.73 Å². The molecule has 1 amide bonds. The number of benzene rings is 2. The van der Waals surface area contributed by atoms with Crippen LogP contribution >= 0.6 is 0 Å². The van der Waals surface area contributed by atoms with Crippen molar-refractivity contribution in [2.24, 2.45) is 5.73 Å². The van der Waals surface area contributed by atoms with E-state index in [9.17, 15) is 4.79 Å². The van der Waals surface area contributed by atoms with Crippen LogP contribution in [0.4, 0.5) is 0 Å². The maximum Gasteiger partial charge on any atom is 0.259 e. The molecule has 1 aliphatic rings. The first kappa shape index (κ1) is 12.6. The molecule has 1 aliphatic heterocycles. The van der Waals surface area contributed by atoms with Gasteiger partial charge in [0.2, 0.25) is 0 Å². The molecule has 0 fully saturated rings. The number of nitrogens with zero attached hydrogens (tertiary/aromatic N) is 1. The van der Waals surface area contributed by atoms with Crippen LogP contribution in [0, 0.1) is 0 Å². The fraction of sp³-hybridized carbons (Fsp3) is 0.118. The van der Waals surface area contributed by atoms with E-state index >= 15 is 0 Å². The monoisotopic (exact) mass is 264 g/mol. The Hall–Kier alpha value is -2.39. The summed E-state index contributed by atoms with van der Waals surface area (Å²) in [5, 5.41) is 0. The van der Waals surface area contributed by atoms with E-state index in [1.807, 2.05) is 54.6 Å². The molecule has 0 bridgehead atoms. The van der Waals surface area contributed by atoms with Crippen LogP contribution in [0.25, 0.3) is 5.70 Å². The van der Waals surface area contributed by atoms with Gasteiger partial charge >= 0.3 is 0 Å². The quantitative estimate of drug-likeness (QED) is 0.926. The predicted octanol–water partition coefficient (Wildman–Crippen LogP) is 2.81. The number of nitrogens with two attached hydrogens (primary N) is 1. The highest BCUT2D eigenvalue weighted by Gasteiger charge is 2.31. The number of rotatable bonds is 3. The zero-order valence-electron chi connectivity index (χ0n) is 11.1. The SMILES string of the molecule is C=C1c2ccccc2C(=O)N1CC(N)c1ccccc1. The van der Waals surface area contributed by atoms with Crippen molar-refractivity contribution < 1.29 is 4.79 Å². The summed E-state index contributed by atoms with van der Waals surface area (Å²) in [6.45, 7) is 4.46. The van der Waals surface area contributed by atoms with Crippen molar-refractivity contribution in [3.8, 4) is 0 Å². The zero-order chi connectivity index (χ0) is 14.1. The van der Waals surface area contributed by atoms with Crippen molar-refractivity contribution in [3.05, 3.63) is 77.9 Å². The third-order valence-corrected chi connectivity index (χ3v) is 3.65. The zero-order valence-corrected chi connectivity index (χ0v) is 11.1. The fourth-order valence-corrected chi connectivity index (χ4v) is 2.53. The summed E-state index contributed by atoms with van der Waals surface area (Å²) in [6.07, 6.45) is 0. The second-order valence-corrected chi connectivity index (χ2v) is 4.93. The van der Waals surface area contributed by atoms with Gasteiger partial charge in [-0.1, -0.05) is 55.1 Å². The van der Waals surface area contributed by atoms with Gasteiger partial charge in [0.15, 0.2) is 0 Å². The second-order valence-electron chi connectivity index (χ2n) is 4.93. The van der Waals surface area contributed by atoms with Crippen LogP contribution in [0.1, 0.15) is 27.5 Å². The van der Waals surface area contributed by atoms with Gasteiger partial charge in [-0.15, -0.1) is 0 Å². The average Bonchev–Trinajstić information content (AvgIpc) is 2.74. The Labute approximate surface area is 118 Å². The molecular weight excluding hydrogens is 248 g/mol. The Kier molecular flexibility index (Phi) is 3.12. The standard InChI is InChI=1S/C17H16N2O/c1-12-14-9-5-6-10-15(14)17(20)19(12)11-16(18)13-7-3-2-4-8-13/h2-10,16H,1,11,18H2. The lowest BCUT2D eigenvalue weighted by molar-refractivity contribution is 0.0844. The van der Waals surface area contributed by atoms with E-state index in [0.717, 1.165) is 16.8 Å². The van der Waals surface area contributed by atoms with Crippen molar-refractivity contribution in [1.29, 1.82) is 0 Å². The molecule has 0 aromatic heterocycles. The summed E-state index contributed by atoms with van der Waals surface area (Å²) in [5.74, 6) is -0.0167. The third-order valence-electron chi connectivity index (χ3n) is 3.65. The van der Waals surface area contributed by atoms with Crippen LogP contribution in [0.5, 0.6) is 0 Å². The predicted molar refractivity (Wildman–Crippen MR) is 79.9 cm³/mol. The molecule has 3 rings (SSSR count). The minimum atomic E-state index is -0.216. The summed E-state index contributed by atoms with van der Waals surface area (Å²) in [5.41, 5.74) is 9.56. The topological polar surface area (TPSA) is 46.3 Å². The number of carbonyl (C=O) groups excluding carboxylic acids is 1. The van der Waals surface area contributed by atoms with Crippen molar-refractivity contribution in [1.82, 2.24) is 4.90 Å². The first-order valence-electron chi connectivity index (χ1n) is 6.59. The number of fused-ring (bicyclic) bond motifs is 1. The molecule has 0 saturated carbocycles. The smallest absolute Gasteiger partial charge is 0.259 e. The number of amides is 1. The van der Waals surface area contributed by atoms with Crippen LogP contribution in [0.2, 0.25) is 0 Å². The summed E-state index contributed by atoms with van der Waals surface area (Å²) >= 11 is 0. The highest BCUT2D eigenvalue weighted by atomic mass is 16.2. The maximum absolute atomic E-state index is 12.4. The lowest BCUT2D eigenvalue weighted by atomic mass is 10.1. The number of carbonyl (C=O) groups is 1. The Morgan fingerprint density at radius 1 is 1.00 bits per heavy atom. The van der Waals surface area contributed by atoms with Gasteiger partial charge in [-0.05, 0) is 11.6 Å². The summed E-state index contributed by atoms with van der Waals surface area (Å²) in [4.78, 5) is 14.1. The van der Waals surface area contributed by atoms with E-state index in [1.54, 1.807) is 4.90 Å². The number of hydrogen-bond donors (Lipinski definition) is 1. The lowest BCUT2D eigenvalue weighted by Crippen LogP contribution is -2.31. The third kappa shape index (κ3) is 2.02. The molecule has 1 heterocycles. The van der Waals surface area contributed by atoms with Gasteiger partial charge in [0.25, 0.3) is 5.91 Å². The lowest BCUT2D eigenvalue weighted by Gasteiger charge is -2.22. The molecule has 2 aromatic carbocycles. The van der Waals surface area contributed by atoms with E-state index in [4.69, 9.17) is 5.73 Å². The Morgan fingerprint density at radius 2 is 1.60 bits per heavy atom. The van der Waals surface area contributed by atoms with Crippen LogP contribution in [-0.2, 0) is 0 Å². The van der Waals surface area contributed by atoms with Crippen molar-refractivity contribution in [3.63, 3.8) is 0 Å². The second kappa shape index (κ2) is 4.94. The van der Waals surface area contributed by atoms with Gasteiger partial charge in [0, 0.05) is 29.4 Å². The first-order valence-corrected chi connectivity index (χ1v) is 6.59. The maximum atomic E-state index is 12.4. The van der Waals surface area contributed by atoms with E-state index in [1.165, 1.54) is 0 Å². The molecule has 0 spiro atoms. The highest BCUT2D eigenvalue weighted by Crippen LogP contribution is 2.32. The minimum absolute atomic E-state index is 0.0167. The average molecular weight is 264 g/mol. The molecule has 1 atom stereocenters. The van der Waals surface area contributed by atoms with E-state index in [2.05, 4.69) is 6.58 Å². The van der Waals surface area contributed by atoms with Crippen LogP contribution in [0.3, 0.4) is 0 Å². The minimum Gasteiger partial charge on any atom is -0.322 e. The van der Waals surface area contributed by atoms with Gasteiger partial charge in [-0.25, -0.2) is 0 Å². The van der Waals surface area contributed by atoms with Crippen molar-refractivity contribution in [2.75, 3.05) is 6.54 Å². The molecule has 100 valence electrons. The Balaban J connectivity index is 1.84. The van der Waals surface area contributed by atoms with Crippen molar-refractivity contribution in [2.45, 2.75) is 6.04 Å². The molecule has 3 heteroatoms. The van der Waals surface area contributed by atoms with Crippen molar-refractivity contribution >= 4 is 11.6 Å². The fourth-order valence-electron chi connectivity index (χ4n) is 2.53. The van der Waals surface area contributed by atoms with Gasteiger partial charge in [-0.2, -0.15) is 0 Å². The van der Waals surface area contributed by atoms with E-state index < -0.39 is 0 Å². The van der Waals surface area contributed by atoms with Gasteiger partial charge in [0.1, 0.15) is 0 Å². The molecule has 0 aliphatic carbocycles. The molecule has 1 unspecified atom stereocenters. The summed E-state index contributed by atoms with van der Waals surface area (Å²) < 4.78 is 0. The largest absolute Gasteiger partial charge is 0.322 e. The molecule has 2 N–H and O–H groups in total. The Bertz CT molecular complexity index is 629. The molecule has 3 nitrogen and oxygen atoms in total. The molecule has 0 radical (unpaired) electrons. The molecule has 2 aromatic rings. The van der Waals surface area contributed by atoms with Crippen LogP contribution in [-0.4, -0.2) is 17.4 Å². The molecular formula is C17H16N2O.